The number of hydrogen-bond acceptors (Lipinski definition) is 2. The van der Waals surface area contributed by atoms with Crippen LogP contribution < -0.4 is 0 Å². The molecular formula is C12H21NO2. The minimum atomic E-state index is 0.231. The van der Waals surface area contributed by atoms with E-state index in [1.54, 1.807) is 0 Å². The predicted octanol–water partition coefficient (Wildman–Crippen LogP) is 1.41. The van der Waals surface area contributed by atoms with E-state index in [4.69, 9.17) is 5.11 Å². The van der Waals surface area contributed by atoms with E-state index < -0.39 is 0 Å². The summed E-state index contributed by atoms with van der Waals surface area (Å²) in [7, 11) is 0. The number of nitrogens with zero attached hydrogens (tertiary/aromatic N) is 1. The lowest BCUT2D eigenvalue weighted by Crippen LogP contribution is -2.43. The first-order valence-corrected chi connectivity index (χ1v) is 6.21. The van der Waals surface area contributed by atoms with Crippen molar-refractivity contribution in [2.24, 2.45) is 11.8 Å². The van der Waals surface area contributed by atoms with Gasteiger partial charge in [-0.1, -0.05) is 12.8 Å². The summed E-state index contributed by atoms with van der Waals surface area (Å²) in [5.41, 5.74) is 0. The van der Waals surface area contributed by atoms with Crippen LogP contribution in [0, 0.1) is 11.8 Å². The molecule has 1 N–H and O–H groups in total. The van der Waals surface area contributed by atoms with E-state index in [1.807, 2.05) is 4.90 Å². The zero-order valence-corrected chi connectivity index (χ0v) is 9.32. The van der Waals surface area contributed by atoms with Crippen LogP contribution in [0.3, 0.4) is 0 Å². The number of carbonyl (C=O) groups excluding carboxylic acids is 1. The molecule has 1 saturated heterocycles. The summed E-state index contributed by atoms with van der Waals surface area (Å²) in [5, 5.41) is 9.12. The third-order valence-corrected chi connectivity index (χ3v) is 3.79. The fraction of sp³-hybridized carbons (Fsp3) is 0.917. The van der Waals surface area contributed by atoms with Crippen LogP contribution in [0.4, 0.5) is 0 Å². The van der Waals surface area contributed by atoms with Crippen molar-refractivity contribution < 1.29 is 9.90 Å². The van der Waals surface area contributed by atoms with Gasteiger partial charge in [-0.25, -0.2) is 0 Å². The van der Waals surface area contributed by atoms with Crippen LogP contribution >= 0.6 is 0 Å². The fourth-order valence-electron chi connectivity index (χ4n) is 2.85. The molecule has 1 amide bonds. The van der Waals surface area contributed by atoms with Crippen molar-refractivity contribution in [3.8, 4) is 0 Å². The van der Waals surface area contributed by atoms with Gasteiger partial charge in [-0.05, 0) is 31.6 Å². The largest absolute Gasteiger partial charge is 0.396 e. The highest BCUT2D eigenvalue weighted by atomic mass is 16.3. The molecule has 0 spiro atoms. The van der Waals surface area contributed by atoms with Gasteiger partial charge in [-0.3, -0.25) is 4.79 Å². The molecule has 1 aliphatic heterocycles. The highest BCUT2D eigenvalue weighted by Gasteiger charge is 2.30. The Hall–Kier alpha value is -0.570. The predicted molar refractivity (Wildman–Crippen MR) is 58.3 cm³/mol. The quantitative estimate of drug-likeness (QED) is 0.750. The Morgan fingerprint density at radius 3 is 2.60 bits per heavy atom. The van der Waals surface area contributed by atoms with Gasteiger partial charge in [-0.15, -0.1) is 0 Å². The van der Waals surface area contributed by atoms with Gasteiger partial charge in [0.2, 0.25) is 5.91 Å². The highest BCUT2D eigenvalue weighted by Crippen LogP contribution is 2.28. The molecular weight excluding hydrogens is 190 g/mol. The SMILES string of the molecule is O=C(C1CCCC1)N1CCCC(CO)C1. The van der Waals surface area contributed by atoms with Crippen LogP contribution in [0.5, 0.6) is 0 Å². The molecule has 1 heterocycles. The summed E-state index contributed by atoms with van der Waals surface area (Å²) in [6, 6.07) is 0. The van der Waals surface area contributed by atoms with Gasteiger partial charge in [0.05, 0.1) is 0 Å². The van der Waals surface area contributed by atoms with Gasteiger partial charge in [0.15, 0.2) is 0 Å². The molecule has 1 aliphatic carbocycles. The van der Waals surface area contributed by atoms with E-state index in [0.717, 1.165) is 38.8 Å². The molecule has 15 heavy (non-hydrogen) atoms. The number of rotatable bonds is 2. The second kappa shape index (κ2) is 4.97. The normalized spacial score (nSPS) is 28.3. The lowest BCUT2D eigenvalue weighted by atomic mass is 9.97. The topological polar surface area (TPSA) is 40.5 Å². The van der Waals surface area contributed by atoms with Crippen molar-refractivity contribution in [2.75, 3.05) is 19.7 Å². The molecule has 1 atom stereocenters. The van der Waals surface area contributed by atoms with Crippen LogP contribution in [0.25, 0.3) is 0 Å². The summed E-state index contributed by atoms with van der Waals surface area (Å²) >= 11 is 0. The third kappa shape index (κ3) is 2.51. The van der Waals surface area contributed by atoms with E-state index in [1.165, 1.54) is 12.8 Å². The number of piperidine rings is 1. The van der Waals surface area contributed by atoms with Crippen molar-refractivity contribution in [2.45, 2.75) is 38.5 Å². The molecule has 3 nitrogen and oxygen atoms in total. The average molecular weight is 211 g/mol. The molecule has 0 radical (unpaired) electrons. The Balaban J connectivity index is 1.88. The van der Waals surface area contributed by atoms with E-state index in [0.29, 0.717) is 17.7 Å². The smallest absolute Gasteiger partial charge is 0.225 e. The molecule has 1 saturated carbocycles. The summed E-state index contributed by atoms with van der Waals surface area (Å²) < 4.78 is 0. The monoisotopic (exact) mass is 211 g/mol. The molecule has 86 valence electrons. The van der Waals surface area contributed by atoms with Crippen LogP contribution in [0.1, 0.15) is 38.5 Å². The van der Waals surface area contributed by atoms with Crippen LogP contribution in [0.15, 0.2) is 0 Å². The molecule has 2 rings (SSSR count). The molecule has 0 aromatic rings. The van der Waals surface area contributed by atoms with Crippen LogP contribution in [-0.4, -0.2) is 35.6 Å². The van der Waals surface area contributed by atoms with E-state index >= 15 is 0 Å². The second-order valence-corrected chi connectivity index (χ2v) is 4.96. The van der Waals surface area contributed by atoms with Crippen molar-refractivity contribution >= 4 is 5.91 Å². The molecule has 3 heteroatoms. The second-order valence-electron chi connectivity index (χ2n) is 4.96. The van der Waals surface area contributed by atoms with Gasteiger partial charge >= 0.3 is 0 Å². The minimum Gasteiger partial charge on any atom is -0.396 e. The maximum atomic E-state index is 12.1. The molecule has 0 aromatic carbocycles. The highest BCUT2D eigenvalue weighted by molar-refractivity contribution is 5.79. The molecule has 2 fully saturated rings. The summed E-state index contributed by atoms with van der Waals surface area (Å²) in [5.74, 6) is 0.970. The number of carbonyl (C=O) groups is 1. The minimum absolute atomic E-state index is 0.231. The summed E-state index contributed by atoms with van der Waals surface area (Å²) in [4.78, 5) is 14.1. The van der Waals surface area contributed by atoms with Crippen molar-refractivity contribution in [3.63, 3.8) is 0 Å². The van der Waals surface area contributed by atoms with Gasteiger partial charge in [0, 0.05) is 25.6 Å². The number of aliphatic hydroxyl groups is 1. The van der Waals surface area contributed by atoms with Gasteiger partial charge in [0.25, 0.3) is 0 Å². The zero-order valence-electron chi connectivity index (χ0n) is 9.32. The van der Waals surface area contributed by atoms with E-state index in [-0.39, 0.29) is 6.61 Å². The lowest BCUT2D eigenvalue weighted by Gasteiger charge is -2.33. The third-order valence-electron chi connectivity index (χ3n) is 3.79. The first-order valence-electron chi connectivity index (χ1n) is 6.21. The fourth-order valence-corrected chi connectivity index (χ4v) is 2.85. The Morgan fingerprint density at radius 1 is 1.20 bits per heavy atom. The zero-order chi connectivity index (χ0) is 10.7. The maximum Gasteiger partial charge on any atom is 0.225 e. The maximum absolute atomic E-state index is 12.1. The van der Waals surface area contributed by atoms with Crippen LogP contribution in [0.2, 0.25) is 0 Å². The van der Waals surface area contributed by atoms with Gasteiger partial charge in [0.1, 0.15) is 0 Å². The molecule has 1 unspecified atom stereocenters. The van der Waals surface area contributed by atoms with E-state index in [9.17, 15) is 4.79 Å². The summed E-state index contributed by atoms with van der Waals surface area (Å²) in [6.45, 7) is 1.92. The Morgan fingerprint density at radius 2 is 1.93 bits per heavy atom. The van der Waals surface area contributed by atoms with Gasteiger partial charge in [-0.2, -0.15) is 0 Å². The Labute approximate surface area is 91.5 Å². The summed E-state index contributed by atoms with van der Waals surface area (Å²) in [6.07, 6.45) is 6.73. The standard InChI is InChI=1S/C12H21NO2/c14-9-10-4-3-7-13(8-10)12(15)11-5-1-2-6-11/h10-11,14H,1-9H2. The number of likely N-dealkylation sites (tertiary alicyclic amines) is 1. The first kappa shape index (κ1) is 10.9. The average Bonchev–Trinajstić information content (AvgIpc) is 2.81. The lowest BCUT2D eigenvalue weighted by molar-refractivity contribution is -0.137. The van der Waals surface area contributed by atoms with Crippen molar-refractivity contribution in [1.29, 1.82) is 0 Å². The van der Waals surface area contributed by atoms with E-state index in [2.05, 4.69) is 0 Å². The molecule has 0 bridgehead atoms. The Kier molecular flexibility index (Phi) is 3.62. The number of amides is 1. The van der Waals surface area contributed by atoms with Crippen LogP contribution in [-0.2, 0) is 4.79 Å². The Bertz CT molecular complexity index is 224. The van der Waals surface area contributed by atoms with Crippen molar-refractivity contribution in [3.05, 3.63) is 0 Å². The first-order chi connectivity index (χ1) is 7.31. The number of hydrogen-bond donors (Lipinski definition) is 1. The molecule has 0 aromatic heterocycles. The van der Waals surface area contributed by atoms with Gasteiger partial charge < -0.3 is 10.0 Å². The number of aliphatic hydroxyl groups excluding tert-OH is 1. The molecule has 2 aliphatic rings. The van der Waals surface area contributed by atoms with Crippen molar-refractivity contribution in [1.82, 2.24) is 4.90 Å².